The second kappa shape index (κ2) is 16.0. The van der Waals surface area contributed by atoms with Crippen molar-refractivity contribution in [3.63, 3.8) is 0 Å². The van der Waals surface area contributed by atoms with Crippen LogP contribution >= 0.6 is 0 Å². The highest BCUT2D eigenvalue weighted by Gasteiger charge is 2.09. The summed E-state index contributed by atoms with van der Waals surface area (Å²) in [5.74, 6) is 1.64. The van der Waals surface area contributed by atoms with E-state index < -0.39 is 5.97 Å². The third-order valence-electron chi connectivity index (χ3n) is 5.21. The smallest absolute Gasteiger partial charge is 0.343 e. The van der Waals surface area contributed by atoms with Gasteiger partial charge in [-0.3, -0.25) is 0 Å². The van der Waals surface area contributed by atoms with Gasteiger partial charge in [-0.15, -0.1) is 6.58 Å². The van der Waals surface area contributed by atoms with Gasteiger partial charge in [-0.05, 0) is 67.8 Å². The average Bonchev–Trinajstić information content (AvgIpc) is 2.82. The highest BCUT2D eigenvalue weighted by molar-refractivity contribution is 5.91. The molecule has 2 rings (SSSR count). The lowest BCUT2D eigenvalue weighted by Gasteiger charge is -2.09. The van der Waals surface area contributed by atoms with Gasteiger partial charge in [0.15, 0.2) is 0 Å². The number of carbonyl (C=O) groups excluding carboxylic acids is 1. The molecule has 0 radical (unpaired) electrons. The lowest BCUT2D eigenvalue weighted by molar-refractivity contribution is 0.0734. The van der Waals surface area contributed by atoms with E-state index in [1.807, 2.05) is 18.2 Å². The van der Waals surface area contributed by atoms with Gasteiger partial charge in [-0.1, -0.05) is 57.9 Å². The van der Waals surface area contributed by atoms with Crippen LogP contribution in [-0.4, -0.2) is 19.2 Å². The van der Waals surface area contributed by atoms with Crippen molar-refractivity contribution in [2.45, 2.75) is 71.1 Å². The fourth-order valence-corrected chi connectivity index (χ4v) is 3.30. The Hall–Kier alpha value is -2.75. The summed E-state index contributed by atoms with van der Waals surface area (Å²) in [6.07, 6.45) is 14.0. The highest BCUT2D eigenvalue weighted by atomic mass is 16.5. The molecule has 0 bridgehead atoms. The highest BCUT2D eigenvalue weighted by Crippen LogP contribution is 2.20. The summed E-state index contributed by atoms with van der Waals surface area (Å²) < 4.78 is 16.9. The molecule has 0 saturated carbocycles. The first-order chi connectivity index (χ1) is 15.7. The maximum Gasteiger partial charge on any atom is 0.343 e. The number of rotatable bonds is 17. The standard InChI is InChI=1S/C28H38O4/c1-3-5-7-8-9-10-11-13-23-31-26-18-20-27(21-19-26)32-28(29)24-14-16-25(17-15-24)30-22-12-6-4-2/h4,14-21H,2-3,5-13,22-23H2,1H3. The molecule has 0 amide bonds. The molecule has 0 fully saturated rings. The van der Waals surface area contributed by atoms with E-state index in [-0.39, 0.29) is 0 Å². The van der Waals surface area contributed by atoms with Crippen LogP contribution in [0.1, 0.15) is 81.5 Å². The molecule has 4 nitrogen and oxygen atoms in total. The maximum absolute atomic E-state index is 12.4. The van der Waals surface area contributed by atoms with E-state index in [4.69, 9.17) is 14.2 Å². The van der Waals surface area contributed by atoms with E-state index in [1.165, 1.54) is 44.9 Å². The van der Waals surface area contributed by atoms with Gasteiger partial charge in [-0.25, -0.2) is 4.79 Å². The fourth-order valence-electron chi connectivity index (χ4n) is 3.30. The summed E-state index contributed by atoms with van der Waals surface area (Å²) in [6, 6.07) is 14.2. The zero-order valence-electron chi connectivity index (χ0n) is 19.5. The van der Waals surface area contributed by atoms with Gasteiger partial charge in [0, 0.05) is 0 Å². The molecule has 0 saturated heterocycles. The van der Waals surface area contributed by atoms with Crippen LogP contribution in [0.3, 0.4) is 0 Å². The monoisotopic (exact) mass is 438 g/mol. The topological polar surface area (TPSA) is 44.8 Å². The predicted molar refractivity (Wildman–Crippen MR) is 131 cm³/mol. The van der Waals surface area contributed by atoms with E-state index >= 15 is 0 Å². The largest absolute Gasteiger partial charge is 0.494 e. The van der Waals surface area contributed by atoms with Crippen LogP contribution in [0.4, 0.5) is 0 Å². The van der Waals surface area contributed by atoms with Crippen LogP contribution in [0, 0.1) is 0 Å². The Balaban J connectivity index is 1.65. The van der Waals surface area contributed by atoms with Crippen molar-refractivity contribution >= 4 is 5.97 Å². The number of ether oxygens (including phenoxy) is 3. The normalized spacial score (nSPS) is 10.5. The summed E-state index contributed by atoms with van der Waals surface area (Å²) in [7, 11) is 0. The third-order valence-corrected chi connectivity index (χ3v) is 5.21. The Labute approximate surface area is 193 Å². The molecular weight excluding hydrogens is 400 g/mol. The number of carbonyl (C=O) groups is 1. The fraction of sp³-hybridized carbons (Fsp3) is 0.464. The first kappa shape index (κ1) is 25.5. The molecule has 2 aromatic carbocycles. The number of esters is 1. The Bertz CT molecular complexity index is 765. The van der Waals surface area contributed by atoms with Crippen LogP contribution in [0.2, 0.25) is 0 Å². The van der Waals surface area contributed by atoms with Crippen LogP contribution in [0.25, 0.3) is 0 Å². The first-order valence-electron chi connectivity index (χ1n) is 12.0. The van der Waals surface area contributed by atoms with Crippen molar-refractivity contribution in [2.75, 3.05) is 13.2 Å². The van der Waals surface area contributed by atoms with Gasteiger partial charge in [-0.2, -0.15) is 0 Å². The van der Waals surface area contributed by atoms with Crippen LogP contribution < -0.4 is 14.2 Å². The Morgan fingerprint density at radius 2 is 1.22 bits per heavy atom. The maximum atomic E-state index is 12.4. The van der Waals surface area contributed by atoms with Gasteiger partial charge in [0.1, 0.15) is 17.2 Å². The molecule has 0 N–H and O–H groups in total. The van der Waals surface area contributed by atoms with Crippen molar-refractivity contribution in [3.05, 3.63) is 66.7 Å². The molecule has 0 heterocycles. The molecule has 0 spiro atoms. The average molecular weight is 439 g/mol. The Morgan fingerprint density at radius 1 is 0.719 bits per heavy atom. The Morgan fingerprint density at radius 3 is 1.81 bits per heavy atom. The lowest BCUT2D eigenvalue weighted by atomic mass is 10.1. The van der Waals surface area contributed by atoms with Crippen molar-refractivity contribution < 1.29 is 19.0 Å². The summed E-state index contributed by atoms with van der Waals surface area (Å²) in [4.78, 5) is 12.4. The van der Waals surface area contributed by atoms with Crippen molar-refractivity contribution in [1.82, 2.24) is 0 Å². The van der Waals surface area contributed by atoms with Gasteiger partial charge in [0.05, 0.1) is 18.8 Å². The number of hydrogen-bond donors (Lipinski definition) is 0. The molecular formula is C28H38O4. The third kappa shape index (κ3) is 10.5. The molecule has 4 heteroatoms. The van der Waals surface area contributed by atoms with Gasteiger partial charge >= 0.3 is 5.97 Å². The van der Waals surface area contributed by atoms with Crippen molar-refractivity contribution in [3.8, 4) is 17.2 Å². The minimum absolute atomic E-state index is 0.393. The summed E-state index contributed by atoms with van der Waals surface area (Å²) in [5, 5.41) is 0. The summed E-state index contributed by atoms with van der Waals surface area (Å²) in [5.41, 5.74) is 0.485. The molecule has 0 unspecified atom stereocenters. The quantitative estimate of drug-likeness (QED) is 0.109. The lowest BCUT2D eigenvalue weighted by Crippen LogP contribution is -2.08. The molecule has 0 aliphatic heterocycles. The summed E-state index contributed by atoms with van der Waals surface area (Å²) >= 11 is 0. The van der Waals surface area contributed by atoms with Crippen LogP contribution in [0.5, 0.6) is 17.2 Å². The van der Waals surface area contributed by atoms with Crippen molar-refractivity contribution in [1.29, 1.82) is 0 Å². The van der Waals surface area contributed by atoms with Crippen LogP contribution in [-0.2, 0) is 0 Å². The molecule has 2 aromatic rings. The summed E-state index contributed by atoms with van der Waals surface area (Å²) in [6.45, 7) is 7.29. The van der Waals surface area contributed by atoms with E-state index in [1.54, 1.807) is 36.4 Å². The van der Waals surface area contributed by atoms with E-state index in [9.17, 15) is 4.79 Å². The molecule has 0 aliphatic rings. The number of benzene rings is 2. The number of allylic oxidation sites excluding steroid dienone is 1. The molecule has 0 atom stereocenters. The number of hydrogen-bond acceptors (Lipinski definition) is 4. The van der Waals surface area contributed by atoms with Gasteiger partial charge in [0.25, 0.3) is 0 Å². The zero-order chi connectivity index (χ0) is 22.9. The van der Waals surface area contributed by atoms with E-state index in [2.05, 4.69) is 13.5 Å². The molecule has 0 aliphatic carbocycles. The second-order valence-electron chi connectivity index (χ2n) is 7.99. The number of unbranched alkanes of at least 4 members (excludes halogenated alkanes) is 8. The molecule has 0 aromatic heterocycles. The van der Waals surface area contributed by atoms with E-state index in [0.717, 1.165) is 37.4 Å². The zero-order valence-corrected chi connectivity index (χ0v) is 19.5. The minimum Gasteiger partial charge on any atom is -0.494 e. The predicted octanol–water partition coefficient (Wildman–Crippen LogP) is 7.77. The SMILES string of the molecule is C=CCCCOc1ccc(C(=O)Oc2ccc(OCCCCCCCCCC)cc2)cc1. The Kier molecular flexibility index (Phi) is 12.7. The molecule has 174 valence electrons. The minimum atomic E-state index is -0.393. The van der Waals surface area contributed by atoms with Crippen molar-refractivity contribution in [2.24, 2.45) is 0 Å². The second-order valence-corrected chi connectivity index (χ2v) is 7.99. The molecule has 32 heavy (non-hydrogen) atoms. The van der Waals surface area contributed by atoms with Gasteiger partial charge < -0.3 is 14.2 Å². The van der Waals surface area contributed by atoms with Gasteiger partial charge in [0.2, 0.25) is 0 Å². The van der Waals surface area contributed by atoms with E-state index in [0.29, 0.717) is 17.9 Å². The first-order valence-corrected chi connectivity index (χ1v) is 12.0. The van der Waals surface area contributed by atoms with Crippen LogP contribution in [0.15, 0.2) is 61.2 Å².